The Balaban J connectivity index is 2.53. The van der Waals surface area contributed by atoms with Crippen LogP contribution in [0.3, 0.4) is 0 Å². The molecule has 1 aromatic carbocycles. The molecule has 0 saturated heterocycles. The molecule has 1 aromatic rings. The smallest absolute Gasteiger partial charge is 0.312 e. The first kappa shape index (κ1) is 13.8. The van der Waals surface area contributed by atoms with Crippen LogP contribution in [-0.4, -0.2) is 25.0 Å². The van der Waals surface area contributed by atoms with Crippen molar-refractivity contribution >= 4 is 39.5 Å². The summed E-state index contributed by atoms with van der Waals surface area (Å²) in [4.78, 5) is 22.1. The zero-order valence-electron chi connectivity index (χ0n) is 8.80. The van der Waals surface area contributed by atoms with Crippen LogP contribution in [0.2, 0.25) is 5.02 Å². The molecule has 0 aliphatic carbocycles. The van der Waals surface area contributed by atoms with Crippen LogP contribution in [0.25, 0.3) is 0 Å². The standard InChI is InChI=1S/C10H11BrClN3O2/c11-7-3-1-2-6(8(7)12)9(16)14-4-5-15-10(13)17/h1-3H,4-5H2,(H,14,16)(H3,13,15,17). The van der Waals surface area contributed by atoms with E-state index in [1.54, 1.807) is 18.2 Å². The molecule has 3 amide bonds. The fourth-order valence-electron chi connectivity index (χ4n) is 1.14. The fourth-order valence-corrected chi connectivity index (χ4v) is 1.71. The maximum Gasteiger partial charge on any atom is 0.312 e. The third-order valence-electron chi connectivity index (χ3n) is 1.91. The number of urea groups is 1. The second-order valence-electron chi connectivity index (χ2n) is 3.15. The summed E-state index contributed by atoms with van der Waals surface area (Å²) >= 11 is 9.18. The SMILES string of the molecule is NC(=O)NCCNC(=O)c1cccc(Br)c1Cl. The average molecular weight is 321 g/mol. The van der Waals surface area contributed by atoms with Crippen LogP contribution in [-0.2, 0) is 0 Å². The minimum Gasteiger partial charge on any atom is -0.352 e. The van der Waals surface area contributed by atoms with Gasteiger partial charge < -0.3 is 16.4 Å². The molecule has 0 saturated carbocycles. The Morgan fingerprint density at radius 1 is 1.29 bits per heavy atom. The van der Waals surface area contributed by atoms with Crippen molar-refractivity contribution in [1.29, 1.82) is 0 Å². The highest BCUT2D eigenvalue weighted by atomic mass is 79.9. The van der Waals surface area contributed by atoms with Gasteiger partial charge in [0.15, 0.2) is 0 Å². The van der Waals surface area contributed by atoms with Gasteiger partial charge in [-0.2, -0.15) is 0 Å². The van der Waals surface area contributed by atoms with Gasteiger partial charge in [-0.1, -0.05) is 17.7 Å². The van der Waals surface area contributed by atoms with Gasteiger partial charge in [0.25, 0.3) is 5.91 Å². The van der Waals surface area contributed by atoms with E-state index in [0.29, 0.717) is 15.1 Å². The number of nitrogens with one attached hydrogen (secondary N) is 2. The highest BCUT2D eigenvalue weighted by molar-refractivity contribution is 9.10. The molecule has 0 heterocycles. The number of carbonyl (C=O) groups is 2. The third-order valence-corrected chi connectivity index (χ3v) is 3.20. The van der Waals surface area contributed by atoms with Gasteiger partial charge in [0.2, 0.25) is 0 Å². The molecule has 0 aliphatic heterocycles. The van der Waals surface area contributed by atoms with Gasteiger partial charge in [0, 0.05) is 17.6 Å². The van der Waals surface area contributed by atoms with Crippen LogP contribution in [0, 0.1) is 0 Å². The summed E-state index contributed by atoms with van der Waals surface area (Å²) in [5.74, 6) is -0.303. The molecule has 1 rings (SSSR count). The number of benzene rings is 1. The van der Waals surface area contributed by atoms with E-state index in [2.05, 4.69) is 26.6 Å². The molecule has 0 bridgehead atoms. The molecule has 92 valence electrons. The molecule has 17 heavy (non-hydrogen) atoms. The molecule has 0 spiro atoms. The van der Waals surface area contributed by atoms with E-state index in [1.807, 2.05) is 0 Å². The predicted octanol–water partition coefficient (Wildman–Crippen LogP) is 1.50. The summed E-state index contributed by atoms with van der Waals surface area (Å²) in [7, 11) is 0. The number of hydrogen-bond acceptors (Lipinski definition) is 2. The lowest BCUT2D eigenvalue weighted by molar-refractivity contribution is 0.0954. The zero-order valence-corrected chi connectivity index (χ0v) is 11.1. The van der Waals surface area contributed by atoms with Gasteiger partial charge in [-0.05, 0) is 28.1 Å². The molecular weight excluding hydrogens is 309 g/mol. The van der Waals surface area contributed by atoms with Gasteiger partial charge in [-0.3, -0.25) is 4.79 Å². The number of carbonyl (C=O) groups excluding carboxylic acids is 2. The van der Waals surface area contributed by atoms with Crippen LogP contribution >= 0.6 is 27.5 Å². The van der Waals surface area contributed by atoms with Gasteiger partial charge in [0.05, 0.1) is 10.6 Å². The minimum absolute atomic E-state index is 0.271. The van der Waals surface area contributed by atoms with Gasteiger partial charge in [0.1, 0.15) is 0 Å². The van der Waals surface area contributed by atoms with Gasteiger partial charge in [-0.15, -0.1) is 0 Å². The average Bonchev–Trinajstić information content (AvgIpc) is 2.27. The maximum atomic E-state index is 11.7. The first-order valence-electron chi connectivity index (χ1n) is 4.78. The second-order valence-corrected chi connectivity index (χ2v) is 4.38. The summed E-state index contributed by atoms with van der Waals surface area (Å²) < 4.78 is 0.655. The van der Waals surface area contributed by atoms with Crippen LogP contribution in [0.15, 0.2) is 22.7 Å². The molecule has 0 atom stereocenters. The van der Waals surface area contributed by atoms with Crippen molar-refractivity contribution in [1.82, 2.24) is 10.6 Å². The summed E-state index contributed by atoms with van der Waals surface area (Å²) in [6.07, 6.45) is 0. The Hall–Kier alpha value is -1.27. The van der Waals surface area contributed by atoms with Crippen LogP contribution < -0.4 is 16.4 Å². The molecule has 7 heteroatoms. The maximum absolute atomic E-state index is 11.7. The van der Waals surface area contributed by atoms with Crippen molar-refractivity contribution in [2.75, 3.05) is 13.1 Å². The van der Waals surface area contributed by atoms with E-state index >= 15 is 0 Å². The normalized spacial score (nSPS) is 9.76. The first-order valence-corrected chi connectivity index (χ1v) is 5.95. The lowest BCUT2D eigenvalue weighted by Crippen LogP contribution is -2.37. The van der Waals surface area contributed by atoms with Gasteiger partial charge >= 0.3 is 6.03 Å². The quantitative estimate of drug-likeness (QED) is 0.735. The highest BCUT2D eigenvalue weighted by Gasteiger charge is 2.11. The monoisotopic (exact) mass is 319 g/mol. The number of amides is 3. The summed E-state index contributed by atoms with van der Waals surface area (Å²) in [6, 6.07) is 4.45. The molecule has 0 aliphatic rings. The topological polar surface area (TPSA) is 84.2 Å². The van der Waals surface area contributed by atoms with E-state index in [0.717, 1.165) is 0 Å². The lowest BCUT2D eigenvalue weighted by Gasteiger charge is -2.07. The minimum atomic E-state index is -0.625. The Labute approximate surface area is 112 Å². The fraction of sp³-hybridized carbons (Fsp3) is 0.200. The van der Waals surface area contributed by atoms with Crippen molar-refractivity contribution in [2.45, 2.75) is 0 Å². The lowest BCUT2D eigenvalue weighted by atomic mass is 10.2. The number of nitrogens with two attached hydrogens (primary N) is 1. The summed E-state index contributed by atoms with van der Waals surface area (Å²) in [5.41, 5.74) is 5.25. The number of primary amides is 1. The zero-order chi connectivity index (χ0) is 12.8. The number of hydrogen-bond donors (Lipinski definition) is 3. The van der Waals surface area contributed by atoms with Crippen LogP contribution in [0.5, 0.6) is 0 Å². The Morgan fingerprint density at radius 3 is 2.59 bits per heavy atom. The summed E-state index contributed by atoms with van der Waals surface area (Å²) in [5, 5.41) is 5.32. The van der Waals surface area contributed by atoms with E-state index < -0.39 is 6.03 Å². The first-order chi connectivity index (χ1) is 8.02. The summed E-state index contributed by atoms with van der Waals surface area (Å²) in [6.45, 7) is 0.553. The molecule has 4 N–H and O–H groups in total. The van der Waals surface area contributed by atoms with E-state index in [4.69, 9.17) is 17.3 Å². The number of rotatable bonds is 4. The Bertz CT molecular complexity index is 440. The van der Waals surface area contributed by atoms with Crippen LogP contribution in [0.1, 0.15) is 10.4 Å². The van der Waals surface area contributed by atoms with E-state index in [1.165, 1.54) is 0 Å². The van der Waals surface area contributed by atoms with Crippen molar-refractivity contribution in [3.63, 3.8) is 0 Å². The third kappa shape index (κ3) is 4.24. The van der Waals surface area contributed by atoms with Crippen molar-refractivity contribution < 1.29 is 9.59 Å². The molecular formula is C10H11BrClN3O2. The molecule has 0 fully saturated rings. The largest absolute Gasteiger partial charge is 0.352 e. The highest BCUT2D eigenvalue weighted by Crippen LogP contribution is 2.25. The Kier molecular flexibility index (Phi) is 5.24. The predicted molar refractivity (Wildman–Crippen MR) is 69.1 cm³/mol. The Morgan fingerprint density at radius 2 is 1.94 bits per heavy atom. The van der Waals surface area contributed by atoms with E-state index in [-0.39, 0.29) is 19.0 Å². The van der Waals surface area contributed by atoms with Crippen LogP contribution in [0.4, 0.5) is 4.79 Å². The number of halogens is 2. The molecule has 0 unspecified atom stereocenters. The molecule has 0 aromatic heterocycles. The molecule has 5 nitrogen and oxygen atoms in total. The van der Waals surface area contributed by atoms with Gasteiger partial charge in [-0.25, -0.2) is 4.79 Å². The van der Waals surface area contributed by atoms with Crippen molar-refractivity contribution in [3.8, 4) is 0 Å². The van der Waals surface area contributed by atoms with Crippen molar-refractivity contribution in [3.05, 3.63) is 33.3 Å². The molecule has 0 radical (unpaired) electrons. The van der Waals surface area contributed by atoms with Crippen molar-refractivity contribution in [2.24, 2.45) is 5.73 Å². The van der Waals surface area contributed by atoms with E-state index in [9.17, 15) is 9.59 Å². The second kappa shape index (κ2) is 6.46.